The Labute approximate surface area is 134 Å². The summed E-state index contributed by atoms with van der Waals surface area (Å²) in [5.41, 5.74) is 1.59. The van der Waals surface area contributed by atoms with Crippen molar-refractivity contribution in [3.63, 3.8) is 0 Å². The van der Waals surface area contributed by atoms with Crippen LogP contribution in [-0.4, -0.2) is 21.8 Å². The van der Waals surface area contributed by atoms with Crippen LogP contribution in [0, 0.1) is 17.0 Å². The van der Waals surface area contributed by atoms with Crippen LogP contribution in [0.25, 0.3) is 10.8 Å². The minimum Gasteiger partial charge on any atom is -0.350 e. The van der Waals surface area contributed by atoms with E-state index in [9.17, 15) is 10.1 Å². The van der Waals surface area contributed by atoms with Crippen LogP contribution in [0.5, 0.6) is 0 Å². The normalized spacial score (nSPS) is 10.9. The van der Waals surface area contributed by atoms with Gasteiger partial charge in [0, 0.05) is 20.6 Å². The van der Waals surface area contributed by atoms with E-state index in [0.29, 0.717) is 18.1 Å². The fraction of sp³-hybridized carbons (Fsp3) is 0.235. The standard InChI is InChI=1S/C17H18N4O2/c1-12-16(21(22)23)17(20(3)18-12)19(2)11-13-8-9-14-6-4-5-7-15(14)10-13/h4-10H,11H2,1-3H3. The minimum absolute atomic E-state index is 0.0655. The zero-order chi connectivity index (χ0) is 16.6. The summed E-state index contributed by atoms with van der Waals surface area (Å²) in [7, 11) is 3.57. The van der Waals surface area contributed by atoms with E-state index in [-0.39, 0.29) is 10.6 Å². The Balaban J connectivity index is 1.94. The summed E-state index contributed by atoms with van der Waals surface area (Å²) in [5, 5.41) is 17.8. The third-order valence-corrected chi connectivity index (χ3v) is 3.94. The Bertz CT molecular complexity index is 885. The Morgan fingerprint density at radius 2 is 1.91 bits per heavy atom. The number of aryl methyl sites for hydroxylation is 2. The first kappa shape index (κ1) is 15.0. The molecular weight excluding hydrogens is 292 g/mol. The van der Waals surface area contributed by atoms with E-state index in [0.717, 1.165) is 10.9 Å². The van der Waals surface area contributed by atoms with Crippen LogP contribution in [0.15, 0.2) is 42.5 Å². The minimum atomic E-state index is -0.367. The first-order valence-corrected chi connectivity index (χ1v) is 7.34. The molecule has 0 unspecified atom stereocenters. The molecule has 3 rings (SSSR count). The quantitative estimate of drug-likeness (QED) is 0.547. The van der Waals surface area contributed by atoms with Crippen LogP contribution < -0.4 is 4.90 Å². The fourth-order valence-electron chi connectivity index (χ4n) is 2.96. The lowest BCUT2D eigenvalue weighted by molar-refractivity contribution is -0.384. The van der Waals surface area contributed by atoms with Crippen molar-refractivity contribution in [3.05, 3.63) is 63.8 Å². The van der Waals surface area contributed by atoms with Crippen molar-refractivity contribution in [1.82, 2.24) is 9.78 Å². The van der Waals surface area contributed by atoms with Gasteiger partial charge in [-0.3, -0.25) is 10.1 Å². The van der Waals surface area contributed by atoms with Gasteiger partial charge in [0.15, 0.2) is 0 Å². The second kappa shape index (κ2) is 5.72. The molecule has 0 saturated carbocycles. The molecule has 0 spiro atoms. The molecule has 1 heterocycles. The SMILES string of the molecule is Cc1nn(C)c(N(C)Cc2ccc3ccccc3c2)c1[N+](=O)[O-]. The highest BCUT2D eigenvalue weighted by molar-refractivity contribution is 5.83. The van der Waals surface area contributed by atoms with Crippen molar-refractivity contribution < 1.29 is 4.92 Å². The maximum atomic E-state index is 11.3. The topological polar surface area (TPSA) is 64.2 Å². The molecule has 3 aromatic rings. The van der Waals surface area contributed by atoms with Gasteiger partial charge < -0.3 is 4.90 Å². The summed E-state index contributed by atoms with van der Waals surface area (Å²) in [4.78, 5) is 12.8. The number of rotatable bonds is 4. The predicted octanol–water partition coefficient (Wildman–Crippen LogP) is 3.43. The first-order chi connectivity index (χ1) is 11.0. The van der Waals surface area contributed by atoms with Gasteiger partial charge in [-0.1, -0.05) is 36.4 Å². The molecule has 0 atom stereocenters. The van der Waals surface area contributed by atoms with E-state index in [1.54, 1.807) is 18.7 Å². The van der Waals surface area contributed by atoms with Gasteiger partial charge in [-0.15, -0.1) is 0 Å². The highest BCUT2D eigenvalue weighted by atomic mass is 16.6. The number of fused-ring (bicyclic) bond motifs is 1. The van der Waals surface area contributed by atoms with Crippen molar-refractivity contribution >= 4 is 22.3 Å². The van der Waals surface area contributed by atoms with E-state index >= 15 is 0 Å². The van der Waals surface area contributed by atoms with Crippen molar-refractivity contribution in [2.24, 2.45) is 7.05 Å². The van der Waals surface area contributed by atoms with Crippen LogP contribution in [0.2, 0.25) is 0 Å². The molecule has 1 aromatic heterocycles. The van der Waals surface area contributed by atoms with E-state index in [1.807, 2.05) is 30.1 Å². The number of nitro groups is 1. The molecule has 6 nitrogen and oxygen atoms in total. The lowest BCUT2D eigenvalue weighted by Crippen LogP contribution is -2.20. The average Bonchev–Trinajstić information content (AvgIpc) is 2.81. The van der Waals surface area contributed by atoms with Gasteiger partial charge in [-0.2, -0.15) is 5.10 Å². The van der Waals surface area contributed by atoms with Gasteiger partial charge in [-0.05, 0) is 29.3 Å². The number of hydrogen-bond donors (Lipinski definition) is 0. The van der Waals surface area contributed by atoms with Gasteiger partial charge in [0.05, 0.1) is 4.92 Å². The Morgan fingerprint density at radius 1 is 1.22 bits per heavy atom. The largest absolute Gasteiger partial charge is 0.350 e. The molecule has 2 aromatic carbocycles. The van der Waals surface area contributed by atoms with Crippen LogP contribution in [0.4, 0.5) is 11.5 Å². The lowest BCUT2D eigenvalue weighted by atomic mass is 10.1. The van der Waals surface area contributed by atoms with Crippen LogP contribution in [0.1, 0.15) is 11.3 Å². The summed E-state index contributed by atoms with van der Waals surface area (Å²) >= 11 is 0. The molecule has 118 valence electrons. The van der Waals surface area contributed by atoms with Crippen molar-refractivity contribution in [2.75, 3.05) is 11.9 Å². The van der Waals surface area contributed by atoms with Gasteiger partial charge in [-0.25, -0.2) is 4.68 Å². The average molecular weight is 310 g/mol. The van der Waals surface area contributed by atoms with Crippen LogP contribution >= 0.6 is 0 Å². The monoisotopic (exact) mass is 310 g/mol. The van der Waals surface area contributed by atoms with Crippen molar-refractivity contribution in [2.45, 2.75) is 13.5 Å². The zero-order valence-electron chi connectivity index (χ0n) is 13.4. The number of benzene rings is 2. The number of nitrogens with zero attached hydrogens (tertiary/aromatic N) is 4. The van der Waals surface area contributed by atoms with E-state index in [2.05, 4.69) is 29.4 Å². The highest BCUT2D eigenvalue weighted by Gasteiger charge is 2.26. The second-order valence-corrected chi connectivity index (χ2v) is 5.68. The molecule has 23 heavy (non-hydrogen) atoms. The fourth-order valence-corrected chi connectivity index (χ4v) is 2.96. The van der Waals surface area contributed by atoms with Gasteiger partial charge in [0.1, 0.15) is 5.69 Å². The molecule has 0 N–H and O–H groups in total. The highest BCUT2D eigenvalue weighted by Crippen LogP contribution is 2.31. The lowest BCUT2D eigenvalue weighted by Gasteiger charge is -2.18. The molecule has 0 aliphatic rings. The Kier molecular flexibility index (Phi) is 3.73. The third-order valence-electron chi connectivity index (χ3n) is 3.94. The molecule has 0 aliphatic carbocycles. The van der Waals surface area contributed by atoms with Crippen LogP contribution in [0.3, 0.4) is 0 Å². The van der Waals surface area contributed by atoms with E-state index in [1.165, 1.54) is 5.39 Å². The first-order valence-electron chi connectivity index (χ1n) is 7.34. The smallest absolute Gasteiger partial charge is 0.333 e. The summed E-state index contributed by atoms with van der Waals surface area (Å²) < 4.78 is 1.56. The second-order valence-electron chi connectivity index (χ2n) is 5.68. The summed E-state index contributed by atoms with van der Waals surface area (Å²) in [6, 6.07) is 14.4. The van der Waals surface area contributed by atoms with E-state index < -0.39 is 0 Å². The molecule has 0 saturated heterocycles. The third kappa shape index (κ3) is 2.75. The van der Waals surface area contributed by atoms with Crippen molar-refractivity contribution in [3.8, 4) is 0 Å². The number of anilines is 1. The van der Waals surface area contributed by atoms with Gasteiger partial charge in [0.2, 0.25) is 5.82 Å². The number of aromatic nitrogens is 2. The van der Waals surface area contributed by atoms with Crippen molar-refractivity contribution in [1.29, 1.82) is 0 Å². The summed E-state index contributed by atoms with van der Waals surface area (Å²) in [6.45, 7) is 2.23. The molecule has 0 amide bonds. The molecule has 0 aliphatic heterocycles. The summed E-state index contributed by atoms with van der Waals surface area (Å²) in [6.07, 6.45) is 0. The maximum absolute atomic E-state index is 11.3. The van der Waals surface area contributed by atoms with Crippen LogP contribution in [-0.2, 0) is 13.6 Å². The van der Waals surface area contributed by atoms with E-state index in [4.69, 9.17) is 0 Å². The zero-order valence-corrected chi connectivity index (χ0v) is 13.4. The van der Waals surface area contributed by atoms with Gasteiger partial charge >= 0.3 is 5.69 Å². The molecular formula is C17H18N4O2. The molecule has 0 radical (unpaired) electrons. The van der Waals surface area contributed by atoms with Gasteiger partial charge in [0.25, 0.3) is 0 Å². The number of hydrogen-bond acceptors (Lipinski definition) is 4. The molecule has 0 fully saturated rings. The maximum Gasteiger partial charge on any atom is 0.333 e. The molecule has 6 heteroatoms. The predicted molar refractivity (Wildman–Crippen MR) is 90.7 cm³/mol. The Morgan fingerprint density at radius 3 is 2.61 bits per heavy atom. The Hall–Kier alpha value is -2.89. The molecule has 0 bridgehead atoms. The summed E-state index contributed by atoms with van der Waals surface area (Å²) in [5.74, 6) is 0.514.